The molecule has 0 aliphatic heterocycles. The van der Waals surface area contributed by atoms with Crippen LogP contribution >= 0.6 is 7.82 Å². The van der Waals surface area contributed by atoms with Gasteiger partial charge in [-0.1, -0.05) is 0 Å². The minimum Gasteiger partial charge on any atom is -0.468 e. The van der Waals surface area contributed by atoms with E-state index < -0.39 is 7.82 Å². The first kappa shape index (κ1) is 15.6. The van der Waals surface area contributed by atoms with E-state index in [0.717, 1.165) is 0 Å². The van der Waals surface area contributed by atoms with Gasteiger partial charge in [0.2, 0.25) is 0 Å². The van der Waals surface area contributed by atoms with Crippen molar-refractivity contribution in [2.45, 2.75) is 26.7 Å². The van der Waals surface area contributed by atoms with Crippen molar-refractivity contribution in [3.63, 3.8) is 0 Å². The molecule has 0 bridgehead atoms. The van der Waals surface area contributed by atoms with E-state index in [0.29, 0.717) is 25.9 Å². The smallest absolute Gasteiger partial charge is 0.468 e. The molecule has 0 saturated carbocycles. The first-order valence-corrected chi connectivity index (χ1v) is 6.73. The molecule has 0 unspecified atom stereocenters. The molecule has 0 atom stereocenters. The molecule has 0 N–H and O–H groups in total. The van der Waals surface area contributed by atoms with Crippen LogP contribution < -0.4 is 0 Å². The molecule has 0 aliphatic carbocycles. The molecule has 0 heterocycles. The summed E-state index contributed by atoms with van der Waals surface area (Å²) in [5.74, 6) is 0. The molecule has 0 aromatic rings. The van der Waals surface area contributed by atoms with Crippen LogP contribution in [0, 0.1) is 0 Å². The van der Waals surface area contributed by atoms with Crippen LogP contribution in [-0.4, -0.2) is 32.9 Å². The molecule has 7 heteroatoms. The Bertz CT molecular complexity index is 210. The SMILES string of the molecule is CCOP(=O)(OCC)OCCCCOC=O. The molecule has 6 nitrogen and oxygen atoms in total. The van der Waals surface area contributed by atoms with Crippen molar-refractivity contribution >= 4 is 14.3 Å². The van der Waals surface area contributed by atoms with Crippen molar-refractivity contribution in [1.29, 1.82) is 0 Å². The van der Waals surface area contributed by atoms with E-state index in [9.17, 15) is 9.36 Å². The van der Waals surface area contributed by atoms with Gasteiger partial charge in [0.1, 0.15) is 0 Å². The molecule has 0 spiro atoms. The molecule has 0 aliphatic rings. The van der Waals surface area contributed by atoms with Crippen LogP contribution in [0.15, 0.2) is 0 Å². The largest absolute Gasteiger partial charge is 0.474 e. The zero-order chi connectivity index (χ0) is 12.3. The molecule has 0 rings (SSSR count). The molecular formula is C9H19O6P. The van der Waals surface area contributed by atoms with Crippen LogP contribution in [0.1, 0.15) is 26.7 Å². The third-order valence-electron chi connectivity index (χ3n) is 1.55. The van der Waals surface area contributed by atoms with Crippen molar-refractivity contribution in [2.75, 3.05) is 26.4 Å². The van der Waals surface area contributed by atoms with Gasteiger partial charge < -0.3 is 4.74 Å². The number of phosphoric ester groups is 1. The van der Waals surface area contributed by atoms with E-state index in [1.165, 1.54) is 0 Å². The Kier molecular flexibility index (Phi) is 9.52. The number of carbonyl (C=O) groups excluding carboxylic acids is 1. The van der Waals surface area contributed by atoms with Gasteiger partial charge in [-0.25, -0.2) is 4.57 Å². The first-order valence-electron chi connectivity index (χ1n) is 5.27. The zero-order valence-electron chi connectivity index (χ0n) is 9.72. The molecule has 0 amide bonds. The molecule has 0 aromatic heterocycles. The molecule has 0 radical (unpaired) electrons. The molecule has 96 valence electrons. The van der Waals surface area contributed by atoms with Crippen molar-refractivity contribution in [3.05, 3.63) is 0 Å². The summed E-state index contributed by atoms with van der Waals surface area (Å²) < 4.78 is 31.1. The van der Waals surface area contributed by atoms with Crippen LogP contribution in [0.25, 0.3) is 0 Å². The fraction of sp³-hybridized carbons (Fsp3) is 0.889. The molecule has 0 aromatic carbocycles. The average Bonchev–Trinajstić information content (AvgIpc) is 2.24. The Morgan fingerprint density at radius 2 is 1.56 bits per heavy atom. The lowest BCUT2D eigenvalue weighted by Gasteiger charge is -2.15. The highest BCUT2D eigenvalue weighted by molar-refractivity contribution is 7.48. The van der Waals surface area contributed by atoms with Gasteiger partial charge >= 0.3 is 7.82 Å². The zero-order valence-corrected chi connectivity index (χ0v) is 10.6. The lowest BCUT2D eigenvalue weighted by atomic mass is 10.3. The van der Waals surface area contributed by atoms with Crippen LogP contribution in [0.5, 0.6) is 0 Å². The van der Waals surface area contributed by atoms with Gasteiger partial charge in [-0.15, -0.1) is 0 Å². The quantitative estimate of drug-likeness (QED) is 0.319. The maximum Gasteiger partial charge on any atom is 0.474 e. The van der Waals surface area contributed by atoms with Crippen molar-refractivity contribution in [2.24, 2.45) is 0 Å². The third kappa shape index (κ3) is 7.82. The predicted octanol–water partition coefficient (Wildman–Crippen LogP) is 2.14. The van der Waals surface area contributed by atoms with Gasteiger partial charge in [-0.3, -0.25) is 18.4 Å². The lowest BCUT2D eigenvalue weighted by molar-refractivity contribution is -0.128. The van der Waals surface area contributed by atoms with Crippen LogP contribution in [0.2, 0.25) is 0 Å². The Hall–Kier alpha value is -0.420. The summed E-state index contributed by atoms with van der Waals surface area (Å²) in [6, 6.07) is 0. The number of hydrogen-bond acceptors (Lipinski definition) is 6. The normalized spacial score (nSPS) is 11.4. The van der Waals surface area contributed by atoms with E-state index >= 15 is 0 Å². The summed E-state index contributed by atoms with van der Waals surface area (Å²) in [7, 11) is -3.39. The molecule has 0 saturated heterocycles. The van der Waals surface area contributed by atoms with Crippen LogP contribution in [-0.2, 0) is 27.7 Å². The third-order valence-corrected chi connectivity index (χ3v) is 3.20. The number of hydrogen-bond donors (Lipinski definition) is 0. The minimum absolute atomic E-state index is 0.249. The second kappa shape index (κ2) is 9.78. The lowest BCUT2D eigenvalue weighted by Crippen LogP contribution is -2.02. The highest BCUT2D eigenvalue weighted by Crippen LogP contribution is 2.49. The predicted molar refractivity (Wildman–Crippen MR) is 58.1 cm³/mol. The van der Waals surface area contributed by atoms with Crippen LogP contribution in [0.3, 0.4) is 0 Å². The average molecular weight is 254 g/mol. The highest BCUT2D eigenvalue weighted by Gasteiger charge is 2.24. The number of rotatable bonds is 11. The maximum atomic E-state index is 11.7. The topological polar surface area (TPSA) is 71.1 Å². The number of unbranched alkanes of at least 4 members (excludes halogenated alkanes) is 1. The second-order valence-corrected chi connectivity index (χ2v) is 4.46. The minimum atomic E-state index is -3.39. The molecular weight excluding hydrogens is 235 g/mol. The summed E-state index contributed by atoms with van der Waals surface area (Å²) in [6.07, 6.45) is 1.27. The Labute approximate surface area is 95.8 Å². The first-order chi connectivity index (χ1) is 7.68. The standard InChI is InChI=1S/C9H19O6P/c1-3-13-16(11,14-4-2)15-8-6-5-7-12-9-10/h9H,3-8H2,1-2H3. The Morgan fingerprint density at radius 3 is 2.06 bits per heavy atom. The fourth-order valence-corrected chi connectivity index (χ4v) is 2.15. The number of phosphoric acid groups is 1. The van der Waals surface area contributed by atoms with Crippen molar-refractivity contribution < 1.29 is 27.7 Å². The van der Waals surface area contributed by atoms with Gasteiger partial charge in [0, 0.05) is 0 Å². The monoisotopic (exact) mass is 254 g/mol. The number of carbonyl (C=O) groups is 1. The number of ether oxygens (including phenoxy) is 1. The van der Waals surface area contributed by atoms with E-state index in [1.54, 1.807) is 13.8 Å². The highest BCUT2D eigenvalue weighted by atomic mass is 31.2. The summed E-state index contributed by atoms with van der Waals surface area (Å²) in [5, 5.41) is 0. The maximum absolute atomic E-state index is 11.7. The van der Waals surface area contributed by atoms with Gasteiger partial charge in [0.25, 0.3) is 6.47 Å². The summed E-state index contributed by atoms with van der Waals surface area (Å²) in [5.41, 5.74) is 0. The van der Waals surface area contributed by atoms with Gasteiger partial charge in [0.15, 0.2) is 0 Å². The van der Waals surface area contributed by atoms with Gasteiger partial charge in [-0.05, 0) is 26.7 Å². The van der Waals surface area contributed by atoms with Crippen molar-refractivity contribution in [1.82, 2.24) is 0 Å². The molecule has 16 heavy (non-hydrogen) atoms. The molecule has 0 fully saturated rings. The van der Waals surface area contributed by atoms with Gasteiger partial charge in [-0.2, -0.15) is 0 Å². The van der Waals surface area contributed by atoms with E-state index in [1.807, 2.05) is 0 Å². The summed E-state index contributed by atoms with van der Waals surface area (Å²) >= 11 is 0. The fourth-order valence-electron chi connectivity index (χ4n) is 0.940. The second-order valence-electron chi connectivity index (χ2n) is 2.79. The summed E-state index contributed by atoms with van der Waals surface area (Å²) in [4.78, 5) is 9.83. The summed E-state index contributed by atoms with van der Waals surface area (Å²) in [6.45, 7) is 4.95. The Morgan fingerprint density at radius 1 is 1.00 bits per heavy atom. The van der Waals surface area contributed by atoms with E-state index in [2.05, 4.69) is 4.74 Å². The van der Waals surface area contributed by atoms with Crippen LogP contribution in [0.4, 0.5) is 0 Å². The Balaban J connectivity index is 3.67. The van der Waals surface area contributed by atoms with E-state index in [-0.39, 0.29) is 19.8 Å². The van der Waals surface area contributed by atoms with Gasteiger partial charge in [0.05, 0.1) is 26.4 Å². The van der Waals surface area contributed by atoms with E-state index in [4.69, 9.17) is 13.6 Å². The van der Waals surface area contributed by atoms with Crippen molar-refractivity contribution in [3.8, 4) is 0 Å².